The number of aromatic hydroxyl groups is 2. The molecule has 5 nitrogen and oxygen atoms in total. The zero-order valence-corrected chi connectivity index (χ0v) is 16.6. The molecular weight excluding hydrogens is 370 g/mol. The molecule has 1 fully saturated rings. The van der Waals surface area contributed by atoms with Gasteiger partial charge in [-0.2, -0.15) is 11.3 Å². The van der Waals surface area contributed by atoms with Crippen molar-refractivity contribution in [1.29, 1.82) is 0 Å². The van der Waals surface area contributed by atoms with Gasteiger partial charge in [0.1, 0.15) is 0 Å². The second-order valence-electron chi connectivity index (χ2n) is 7.57. The van der Waals surface area contributed by atoms with Crippen LogP contribution in [-0.4, -0.2) is 31.2 Å². The molecule has 0 bridgehead atoms. The summed E-state index contributed by atoms with van der Waals surface area (Å²) in [5.74, 6) is 0.357. The monoisotopic (exact) mass is 393 g/mol. The largest absolute Gasteiger partial charge is 0.494 e. The molecule has 2 aliphatic rings. The van der Waals surface area contributed by atoms with Crippen LogP contribution >= 0.6 is 11.3 Å². The Labute approximate surface area is 168 Å². The van der Waals surface area contributed by atoms with E-state index in [1.807, 2.05) is 18.3 Å². The minimum Gasteiger partial charge on any atom is -0.494 e. The highest BCUT2D eigenvalue weighted by molar-refractivity contribution is 7.08. The normalized spacial score (nSPS) is 21.9. The average Bonchev–Trinajstić information content (AvgIpc) is 3.42. The van der Waals surface area contributed by atoms with E-state index < -0.39 is 0 Å². The van der Waals surface area contributed by atoms with E-state index in [0.717, 1.165) is 48.2 Å². The molecule has 2 N–H and O–H groups in total. The molecule has 3 aromatic rings. The Morgan fingerprint density at radius 3 is 2.71 bits per heavy atom. The maximum atomic E-state index is 10.6. The maximum absolute atomic E-state index is 10.6. The minimum atomic E-state index is -0.0363. The molecule has 0 amide bonds. The molecule has 0 saturated carbocycles. The van der Waals surface area contributed by atoms with Gasteiger partial charge in [-0.15, -0.1) is 0 Å². The van der Waals surface area contributed by atoms with E-state index in [4.69, 9.17) is 0 Å². The Bertz CT molecular complexity index is 1020. The van der Waals surface area contributed by atoms with Gasteiger partial charge in [-0.25, -0.2) is 0 Å². The van der Waals surface area contributed by atoms with E-state index in [1.165, 1.54) is 10.1 Å². The summed E-state index contributed by atoms with van der Waals surface area (Å²) in [6, 6.07) is 6.35. The van der Waals surface area contributed by atoms with E-state index in [2.05, 4.69) is 38.9 Å². The van der Waals surface area contributed by atoms with Crippen LogP contribution in [0.25, 0.3) is 17.2 Å². The molecule has 0 aromatic carbocycles. The fourth-order valence-corrected chi connectivity index (χ4v) is 5.25. The van der Waals surface area contributed by atoms with Gasteiger partial charge >= 0.3 is 0 Å². The highest BCUT2D eigenvalue weighted by atomic mass is 32.1. The fourth-order valence-electron chi connectivity index (χ4n) is 4.59. The highest BCUT2D eigenvalue weighted by Gasteiger charge is 2.44. The molecule has 2 aliphatic heterocycles. The highest BCUT2D eigenvalue weighted by Crippen LogP contribution is 2.54. The molecule has 2 unspecified atom stereocenters. The molecule has 28 heavy (non-hydrogen) atoms. The lowest BCUT2D eigenvalue weighted by Gasteiger charge is -2.33. The lowest BCUT2D eigenvalue weighted by molar-refractivity contribution is 0.138. The molecule has 144 valence electrons. The fraction of sp³-hybridized carbons (Fsp3) is 0.318. The Kier molecular flexibility index (Phi) is 4.25. The summed E-state index contributed by atoms with van der Waals surface area (Å²) in [6.45, 7) is 0.974. The van der Waals surface area contributed by atoms with Crippen LogP contribution in [0.15, 0.2) is 41.2 Å². The molecule has 0 radical (unpaired) electrons. The van der Waals surface area contributed by atoms with Crippen LogP contribution in [0.4, 0.5) is 0 Å². The van der Waals surface area contributed by atoms with Crippen LogP contribution in [0.1, 0.15) is 48.2 Å². The smallest absolute Gasteiger partial charge is 0.199 e. The molecule has 5 rings (SSSR count). The van der Waals surface area contributed by atoms with Crippen LogP contribution in [0.5, 0.6) is 11.8 Å². The third kappa shape index (κ3) is 2.67. The minimum absolute atomic E-state index is 0.0363. The van der Waals surface area contributed by atoms with Crippen LogP contribution < -0.4 is 0 Å². The van der Waals surface area contributed by atoms with Crippen molar-refractivity contribution in [2.75, 3.05) is 6.54 Å². The number of hydrogen-bond acceptors (Lipinski definition) is 5. The number of pyridine rings is 1. The number of nitrogens with zero attached hydrogens (tertiary/aromatic N) is 3. The van der Waals surface area contributed by atoms with E-state index in [1.54, 1.807) is 18.4 Å². The zero-order valence-electron chi connectivity index (χ0n) is 15.7. The van der Waals surface area contributed by atoms with Gasteiger partial charge in [0, 0.05) is 36.0 Å². The van der Waals surface area contributed by atoms with E-state index >= 15 is 0 Å². The number of fused-ring (bicyclic) bond motifs is 3. The maximum Gasteiger partial charge on any atom is 0.199 e. The van der Waals surface area contributed by atoms with Gasteiger partial charge in [0.15, 0.2) is 11.8 Å². The van der Waals surface area contributed by atoms with Crippen molar-refractivity contribution < 1.29 is 10.2 Å². The first-order valence-electron chi connectivity index (χ1n) is 9.68. The van der Waals surface area contributed by atoms with Crippen molar-refractivity contribution in [3.8, 4) is 22.9 Å². The summed E-state index contributed by atoms with van der Waals surface area (Å²) >= 11 is 1.68. The van der Waals surface area contributed by atoms with E-state index in [9.17, 15) is 10.2 Å². The molecule has 0 spiro atoms. The number of thiophene rings is 1. The first-order valence-corrected chi connectivity index (χ1v) is 10.6. The Balaban J connectivity index is 1.47. The van der Waals surface area contributed by atoms with Crippen molar-refractivity contribution >= 4 is 17.4 Å². The average molecular weight is 394 g/mol. The van der Waals surface area contributed by atoms with Gasteiger partial charge in [-0.1, -0.05) is 18.6 Å². The van der Waals surface area contributed by atoms with Crippen molar-refractivity contribution in [3.05, 3.63) is 58.1 Å². The predicted molar refractivity (Wildman–Crippen MR) is 111 cm³/mol. The molecule has 3 aromatic heterocycles. The van der Waals surface area contributed by atoms with Crippen molar-refractivity contribution in [1.82, 2.24) is 14.5 Å². The van der Waals surface area contributed by atoms with Gasteiger partial charge in [-0.3, -0.25) is 14.5 Å². The molecule has 2 atom stereocenters. The van der Waals surface area contributed by atoms with Crippen LogP contribution in [0.2, 0.25) is 0 Å². The van der Waals surface area contributed by atoms with Gasteiger partial charge in [0.2, 0.25) is 0 Å². The number of rotatable bonds is 3. The Hall–Kier alpha value is -2.57. The van der Waals surface area contributed by atoms with Crippen molar-refractivity contribution in [3.63, 3.8) is 0 Å². The number of piperidine rings is 1. The second-order valence-corrected chi connectivity index (χ2v) is 8.35. The SMILES string of the molecule is Cn1c(O)c2c(c1O)C1CCCCN1C2C=Cc1ccc(-c2ccsc2)cn1. The van der Waals surface area contributed by atoms with Gasteiger partial charge in [0.05, 0.1) is 11.7 Å². The number of hydrogen-bond donors (Lipinski definition) is 2. The van der Waals surface area contributed by atoms with Crippen LogP contribution in [0, 0.1) is 0 Å². The summed E-state index contributed by atoms with van der Waals surface area (Å²) in [4.78, 5) is 6.98. The molecule has 5 heterocycles. The third-order valence-corrected chi connectivity index (χ3v) is 6.71. The number of aromatic nitrogens is 2. The zero-order chi connectivity index (χ0) is 19.3. The van der Waals surface area contributed by atoms with Crippen LogP contribution in [0.3, 0.4) is 0 Å². The molecular formula is C22H23N3O2S. The topological polar surface area (TPSA) is 61.5 Å². The summed E-state index contributed by atoms with van der Waals surface area (Å²) < 4.78 is 1.49. The Morgan fingerprint density at radius 1 is 1.11 bits per heavy atom. The van der Waals surface area contributed by atoms with Gasteiger partial charge < -0.3 is 10.2 Å². The van der Waals surface area contributed by atoms with Gasteiger partial charge in [0.25, 0.3) is 0 Å². The van der Waals surface area contributed by atoms with Gasteiger partial charge in [-0.05, 0) is 53.9 Å². The standard InChI is InChI=1S/C22H23N3O2S/c1-24-21(26)19-17-4-2-3-10-25(17)18(20(19)22(24)27)8-7-16-6-5-14(12-23-16)15-9-11-28-13-15/h5-9,11-13,17-18,26-27H,2-4,10H2,1H3. The first kappa shape index (κ1) is 17.5. The summed E-state index contributed by atoms with van der Waals surface area (Å²) in [5, 5.41) is 25.4. The molecule has 0 aliphatic carbocycles. The van der Waals surface area contributed by atoms with E-state index in [-0.39, 0.29) is 23.8 Å². The second kappa shape index (κ2) is 6.79. The van der Waals surface area contributed by atoms with Crippen molar-refractivity contribution in [2.45, 2.75) is 31.3 Å². The molecule has 1 saturated heterocycles. The van der Waals surface area contributed by atoms with E-state index in [0.29, 0.717) is 0 Å². The summed E-state index contributed by atoms with van der Waals surface area (Å²) in [7, 11) is 1.71. The lowest BCUT2D eigenvalue weighted by atomic mass is 9.99. The Morgan fingerprint density at radius 2 is 1.96 bits per heavy atom. The summed E-state index contributed by atoms with van der Waals surface area (Å²) in [5.41, 5.74) is 4.94. The first-order chi connectivity index (χ1) is 13.6. The third-order valence-electron chi connectivity index (χ3n) is 6.03. The lowest BCUT2D eigenvalue weighted by Crippen LogP contribution is -2.30. The predicted octanol–water partition coefficient (Wildman–Crippen LogP) is 4.85. The van der Waals surface area contributed by atoms with Crippen LogP contribution in [-0.2, 0) is 7.05 Å². The molecule has 6 heteroatoms. The summed E-state index contributed by atoms with van der Waals surface area (Å²) in [6.07, 6.45) is 9.34. The van der Waals surface area contributed by atoms with Crippen molar-refractivity contribution in [2.24, 2.45) is 7.05 Å². The quantitative estimate of drug-likeness (QED) is 0.667.